The van der Waals surface area contributed by atoms with Crippen LogP contribution in [-0.4, -0.2) is 44.5 Å². The number of hydrogen-bond donors (Lipinski definition) is 0. The van der Waals surface area contributed by atoms with Gasteiger partial charge < -0.3 is 4.90 Å². The van der Waals surface area contributed by atoms with Gasteiger partial charge in [0.25, 0.3) is 10.1 Å². The van der Waals surface area contributed by atoms with E-state index in [1.807, 2.05) is 7.05 Å². The molecule has 0 spiro atoms. The molecular formula is C12H18N2O3S. The van der Waals surface area contributed by atoms with Crippen molar-refractivity contribution in [3.05, 3.63) is 30.1 Å². The minimum atomic E-state index is -3.50. The maximum Gasteiger partial charge on any atom is 0.271 e. The quantitative estimate of drug-likeness (QED) is 0.765. The molecule has 0 radical (unpaired) electrons. The topological polar surface area (TPSA) is 59.5 Å². The predicted octanol–water partition coefficient (Wildman–Crippen LogP) is 1.02. The van der Waals surface area contributed by atoms with Gasteiger partial charge in [-0.25, -0.2) is 0 Å². The molecule has 0 amide bonds. The molecule has 0 unspecified atom stereocenters. The first-order chi connectivity index (χ1) is 8.55. The summed E-state index contributed by atoms with van der Waals surface area (Å²) >= 11 is 0. The van der Waals surface area contributed by atoms with Crippen molar-refractivity contribution >= 4 is 10.1 Å². The van der Waals surface area contributed by atoms with E-state index in [-0.39, 0.29) is 11.9 Å². The fourth-order valence-corrected chi connectivity index (χ4v) is 3.28. The third-order valence-corrected chi connectivity index (χ3v) is 4.29. The Balaban J connectivity index is 1.92. The lowest BCUT2D eigenvalue weighted by molar-refractivity contribution is 0.119. The zero-order chi connectivity index (χ0) is 13.0. The molecule has 1 saturated heterocycles. The lowest BCUT2D eigenvalue weighted by Gasteiger charge is -2.28. The summed E-state index contributed by atoms with van der Waals surface area (Å²) in [7, 11) is -1.47. The third-order valence-electron chi connectivity index (χ3n) is 3.04. The van der Waals surface area contributed by atoms with Gasteiger partial charge in [-0.15, -0.1) is 0 Å². The van der Waals surface area contributed by atoms with Crippen molar-refractivity contribution in [3.8, 4) is 0 Å². The van der Waals surface area contributed by atoms with Gasteiger partial charge in [0.15, 0.2) is 0 Å². The molecule has 2 heterocycles. The molecular weight excluding hydrogens is 252 g/mol. The molecule has 0 bridgehead atoms. The minimum absolute atomic E-state index is 0.0815. The smallest absolute Gasteiger partial charge is 0.271 e. The first kappa shape index (κ1) is 13.5. The van der Waals surface area contributed by atoms with Crippen molar-refractivity contribution in [3.63, 3.8) is 0 Å². The Morgan fingerprint density at radius 2 is 1.94 bits per heavy atom. The summed E-state index contributed by atoms with van der Waals surface area (Å²) in [5, 5.41) is 0. The second kappa shape index (κ2) is 5.77. The van der Waals surface area contributed by atoms with Crippen LogP contribution >= 0.6 is 0 Å². The van der Waals surface area contributed by atoms with Crippen molar-refractivity contribution in [2.24, 2.45) is 0 Å². The van der Waals surface area contributed by atoms with E-state index in [0.29, 0.717) is 5.56 Å². The third kappa shape index (κ3) is 4.04. The Bertz CT molecular complexity index is 467. The molecule has 18 heavy (non-hydrogen) atoms. The molecule has 0 N–H and O–H groups in total. The van der Waals surface area contributed by atoms with E-state index in [4.69, 9.17) is 4.18 Å². The lowest BCUT2D eigenvalue weighted by Crippen LogP contribution is -2.35. The molecule has 1 aromatic rings. The highest BCUT2D eigenvalue weighted by Crippen LogP contribution is 2.17. The van der Waals surface area contributed by atoms with E-state index < -0.39 is 10.1 Å². The van der Waals surface area contributed by atoms with Crippen LogP contribution in [0.4, 0.5) is 0 Å². The summed E-state index contributed by atoms with van der Waals surface area (Å²) in [6.45, 7) is 1.77. The average Bonchev–Trinajstić information content (AvgIpc) is 2.32. The fourth-order valence-electron chi connectivity index (χ4n) is 2.01. The molecule has 0 aromatic carbocycles. The van der Waals surface area contributed by atoms with Gasteiger partial charge in [-0.2, -0.15) is 8.42 Å². The van der Waals surface area contributed by atoms with Gasteiger partial charge in [0, 0.05) is 25.5 Å². The number of likely N-dealkylation sites (tertiary alicyclic amines) is 1. The normalized spacial score (nSPS) is 18.9. The van der Waals surface area contributed by atoms with Gasteiger partial charge >= 0.3 is 0 Å². The summed E-state index contributed by atoms with van der Waals surface area (Å²) in [4.78, 5) is 6.03. The predicted molar refractivity (Wildman–Crippen MR) is 68.5 cm³/mol. The van der Waals surface area contributed by atoms with Gasteiger partial charge in [-0.1, -0.05) is 0 Å². The SMILES string of the molecule is CN1CCC(OS(=O)(=O)Cc2ccncc2)CC1. The molecule has 0 saturated carbocycles. The molecule has 6 heteroatoms. The van der Waals surface area contributed by atoms with Gasteiger partial charge in [0.1, 0.15) is 5.75 Å². The molecule has 1 aliphatic heterocycles. The van der Waals surface area contributed by atoms with Crippen LogP contribution in [0.2, 0.25) is 0 Å². The van der Waals surface area contributed by atoms with Crippen LogP contribution in [-0.2, 0) is 20.1 Å². The highest BCUT2D eigenvalue weighted by molar-refractivity contribution is 7.85. The molecule has 1 aromatic heterocycles. The van der Waals surface area contributed by atoms with Crippen LogP contribution in [0.3, 0.4) is 0 Å². The van der Waals surface area contributed by atoms with Crippen LogP contribution in [0, 0.1) is 0 Å². The standard InChI is InChI=1S/C12H18N2O3S/c1-14-8-4-12(5-9-14)17-18(15,16)10-11-2-6-13-7-3-11/h2-3,6-7,12H,4-5,8-10H2,1H3. The van der Waals surface area contributed by atoms with Gasteiger partial charge in [-0.3, -0.25) is 9.17 Å². The Hall–Kier alpha value is -0.980. The molecule has 0 aliphatic carbocycles. The van der Waals surface area contributed by atoms with Crippen LogP contribution in [0.1, 0.15) is 18.4 Å². The number of piperidine rings is 1. The Kier molecular flexibility index (Phi) is 4.31. The van der Waals surface area contributed by atoms with Crippen molar-refractivity contribution in [1.82, 2.24) is 9.88 Å². The second-order valence-corrected chi connectivity index (χ2v) is 6.25. The van der Waals surface area contributed by atoms with Crippen molar-refractivity contribution in [2.45, 2.75) is 24.7 Å². The van der Waals surface area contributed by atoms with Crippen LogP contribution in [0.15, 0.2) is 24.5 Å². The van der Waals surface area contributed by atoms with E-state index >= 15 is 0 Å². The average molecular weight is 270 g/mol. The fraction of sp³-hybridized carbons (Fsp3) is 0.583. The van der Waals surface area contributed by atoms with Gasteiger partial charge in [0.2, 0.25) is 0 Å². The lowest BCUT2D eigenvalue weighted by atomic mass is 10.1. The van der Waals surface area contributed by atoms with E-state index in [9.17, 15) is 8.42 Å². The molecule has 1 fully saturated rings. The first-order valence-corrected chi connectivity index (χ1v) is 7.61. The summed E-state index contributed by atoms with van der Waals surface area (Å²) in [6, 6.07) is 3.38. The van der Waals surface area contributed by atoms with E-state index in [2.05, 4.69) is 9.88 Å². The zero-order valence-corrected chi connectivity index (χ0v) is 11.3. The van der Waals surface area contributed by atoms with E-state index in [1.165, 1.54) is 0 Å². The van der Waals surface area contributed by atoms with Crippen molar-refractivity contribution in [2.75, 3.05) is 20.1 Å². The summed E-state index contributed by atoms with van der Waals surface area (Å²) in [5.74, 6) is -0.0815. The summed E-state index contributed by atoms with van der Waals surface area (Å²) in [6.07, 6.45) is 4.53. The molecule has 0 atom stereocenters. The number of nitrogens with zero attached hydrogens (tertiary/aromatic N) is 2. The Morgan fingerprint density at radius 1 is 1.33 bits per heavy atom. The van der Waals surface area contributed by atoms with Crippen LogP contribution in [0.5, 0.6) is 0 Å². The number of rotatable bonds is 4. The molecule has 2 rings (SSSR count). The minimum Gasteiger partial charge on any atom is -0.306 e. The summed E-state index contributed by atoms with van der Waals surface area (Å²) in [5.41, 5.74) is 0.706. The van der Waals surface area contributed by atoms with Crippen LogP contribution < -0.4 is 0 Å². The number of hydrogen-bond acceptors (Lipinski definition) is 5. The molecule has 5 nitrogen and oxygen atoms in total. The number of pyridine rings is 1. The Morgan fingerprint density at radius 3 is 2.56 bits per heavy atom. The Labute approximate surface area is 108 Å². The van der Waals surface area contributed by atoms with Crippen molar-refractivity contribution in [1.29, 1.82) is 0 Å². The second-order valence-electron chi connectivity index (χ2n) is 4.66. The van der Waals surface area contributed by atoms with E-state index in [0.717, 1.165) is 25.9 Å². The van der Waals surface area contributed by atoms with Crippen molar-refractivity contribution < 1.29 is 12.6 Å². The molecule has 1 aliphatic rings. The first-order valence-electron chi connectivity index (χ1n) is 6.03. The molecule has 100 valence electrons. The zero-order valence-electron chi connectivity index (χ0n) is 10.4. The van der Waals surface area contributed by atoms with E-state index in [1.54, 1.807) is 24.5 Å². The van der Waals surface area contributed by atoms with Crippen LogP contribution in [0.25, 0.3) is 0 Å². The largest absolute Gasteiger partial charge is 0.306 e. The number of aromatic nitrogens is 1. The highest BCUT2D eigenvalue weighted by Gasteiger charge is 2.23. The summed E-state index contributed by atoms with van der Waals surface area (Å²) < 4.78 is 29.0. The van der Waals surface area contributed by atoms with Gasteiger partial charge in [-0.05, 0) is 37.6 Å². The van der Waals surface area contributed by atoms with Gasteiger partial charge in [0.05, 0.1) is 6.10 Å². The highest BCUT2D eigenvalue weighted by atomic mass is 32.2. The monoisotopic (exact) mass is 270 g/mol. The maximum absolute atomic E-state index is 11.9. The maximum atomic E-state index is 11.9.